The van der Waals surface area contributed by atoms with Gasteiger partial charge >= 0.3 is 0 Å². The molecule has 19 heavy (non-hydrogen) atoms. The molecule has 0 radical (unpaired) electrons. The second-order valence-electron chi connectivity index (χ2n) is 4.34. The van der Waals surface area contributed by atoms with Gasteiger partial charge in [-0.1, -0.05) is 6.92 Å². The quantitative estimate of drug-likeness (QED) is 0.706. The van der Waals surface area contributed by atoms with Crippen molar-refractivity contribution in [2.45, 2.75) is 31.9 Å². The van der Waals surface area contributed by atoms with E-state index in [1.54, 1.807) is 0 Å². The topological polar surface area (TPSA) is 41.5 Å². The number of terminal acetylenes is 1. The SMILES string of the molecule is C#CCC(CC)NCC(O)COc1ccc(F)cc1. The van der Waals surface area contributed by atoms with Crippen molar-refractivity contribution in [1.82, 2.24) is 5.32 Å². The molecule has 0 bridgehead atoms. The summed E-state index contributed by atoms with van der Waals surface area (Å²) < 4.78 is 18.0. The van der Waals surface area contributed by atoms with Crippen molar-refractivity contribution >= 4 is 0 Å². The Morgan fingerprint density at radius 1 is 1.42 bits per heavy atom. The van der Waals surface area contributed by atoms with Crippen LogP contribution in [0.3, 0.4) is 0 Å². The van der Waals surface area contributed by atoms with Crippen LogP contribution >= 0.6 is 0 Å². The molecule has 3 nitrogen and oxygen atoms in total. The van der Waals surface area contributed by atoms with E-state index in [4.69, 9.17) is 11.2 Å². The largest absolute Gasteiger partial charge is 0.491 e. The highest BCUT2D eigenvalue weighted by Crippen LogP contribution is 2.11. The lowest BCUT2D eigenvalue weighted by atomic mass is 10.1. The minimum atomic E-state index is -0.628. The molecule has 0 aliphatic heterocycles. The lowest BCUT2D eigenvalue weighted by Gasteiger charge is -2.18. The van der Waals surface area contributed by atoms with Crippen molar-refractivity contribution in [2.75, 3.05) is 13.2 Å². The maximum absolute atomic E-state index is 12.7. The first kappa shape index (κ1) is 15.5. The number of rotatable bonds is 8. The molecule has 0 heterocycles. The van der Waals surface area contributed by atoms with Gasteiger partial charge in [0.1, 0.15) is 24.3 Å². The van der Waals surface area contributed by atoms with E-state index in [1.165, 1.54) is 24.3 Å². The van der Waals surface area contributed by atoms with Crippen LogP contribution in [0.4, 0.5) is 4.39 Å². The highest BCUT2D eigenvalue weighted by Gasteiger charge is 2.09. The molecule has 0 aliphatic rings. The molecule has 0 aliphatic carbocycles. The molecule has 4 heteroatoms. The molecule has 2 unspecified atom stereocenters. The van der Waals surface area contributed by atoms with Crippen LogP contribution in [-0.4, -0.2) is 30.4 Å². The Kier molecular flexibility index (Phi) is 6.94. The second-order valence-corrected chi connectivity index (χ2v) is 4.34. The molecular weight excluding hydrogens is 245 g/mol. The fourth-order valence-corrected chi connectivity index (χ4v) is 1.59. The molecule has 2 N–H and O–H groups in total. The van der Waals surface area contributed by atoms with E-state index in [9.17, 15) is 9.50 Å². The first-order valence-corrected chi connectivity index (χ1v) is 6.39. The number of ether oxygens (including phenoxy) is 1. The fraction of sp³-hybridized carbons (Fsp3) is 0.467. The average Bonchev–Trinajstić information content (AvgIpc) is 2.42. The summed E-state index contributed by atoms with van der Waals surface area (Å²) in [4.78, 5) is 0. The van der Waals surface area contributed by atoms with Gasteiger partial charge in [0, 0.05) is 19.0 Å². The van der Waals surface area contributed by atoms with Crippen molar-refractivity contribution in [2.24, 2.45) is 0 Å². The Morgan fingerprint density at radius 3 is 2.68 bits per heavy atom. The average molecular weight is 265 g/mol. The van der Waals surface area contributed by atoms with Crippen molar-refractivity contribution in [1.29, 1.82) is 0 Å². The minimum Gasteiger partial charge on any atom is -0.491 e. The van der Waals surface area contributed by atoms with Crippen molar-refractivity contribution < 1.29 is 14.2 Å². The van der Waals surface area contributed by atoms with Crippen LogP contribution in [0.2, 0.25) is 0 Å². The smallest absolute Gasteiger partial charge is 0.123 e. The van der Waals surface area contributed by atoms with E-state index in [1.807, 2.05) is 6.92 Å². The van der Waals surface area contributed by atoms with E-state index < -0.39 is 6.10 Å². The van der Waals surface area contributed by atoms with Gasteiger partial charge in [-0.2, -0.15) is 0 Å². The molecule has 1 aromatic rings. The van der Waals surface area contributed by atoms with Gasteiger partial charge in [0.2, 0.25) is 0 Å². The van der Waals surface area contributed by atoms with Crippen LogP contribution in [0, 0.1) is 18.2 Å². The maximum Gasteiger partial charge on any atom is 0.123 e. The second kappa shape index (κ2) is 8.52. The minimum absolute atomic E-state index is 0.158. The zero-order valence-electron chi connectivity index (χ0n) is 11.1. The van der Waals surface area contributed by atoms with E-state index in [-0.39, 0.29) is 18.5 Å². The van der Waals surface area contributed by atoms with Gasteiger partial charge in [0.05, 0.1) is 0 Å². The number of nitrogens with one attached hydrogen (secondary N) is 1. The molecule has 0 aromatic heterocycles. The molecule has 0 fully saturated rings. The fourth-order valence-electron chi connectivity index (χ4n) is 1.59. The summed E-state index contributed by atoms with van der Waals surface area (Å²) in [6.45, 7) is 2.61. The number of benzene rings is 1. The number of aliphatic hydroxyl groups is 1. The molecule has 0 saturated carbocycles. The highest BCUT2D eigenvalue weighted by atomic mass is 19.1. The lowest BCUT2D eigenvalue weighted by Crippen LogP contribution is -2.37. The summed E-state index contributed by atoms with van der Waals surface area (Å²) in [7, 11) is 0. The lowest BCUT2D eigenvalue weighted by molar-refractivity contribution is 0.103. The summed E-state index contributed by atoms with van der Waals surface area (Å²) in [5, 5.41) is 12.9. The van der Waals surface area contributed by atoms with Gasteiger partial charge in [-0.3, -0.25) is 0 Å². The van der Waals surface area contributed by atoms with Crippen molar-refractivity contribution in [3.63, 3.8) is 0 Å². The van der Waals surface area contributed by atoms with Gasteiger partial charge in [-0.05, 0) is 30.7 Å². The molecule has 1 aromatic carbocycles. The number of aliphatic hydroxyl groups excluding tert-OH is 1. The number of hydrogen-bond donors (Lipinski definition) is 2. The Morgan fingerprint density at radius 2 is 2.11 bits per heavy atom. The monoisotopic (exact) mass is 265 g/mol. The predicted molar refractivity (Wildman–Crippen MR) is 73.4 cm³/mol. The van der Waals surface area contributed by atoms with E-state index in [2.05, 4.69) is 11.2 Å². The summed E-state index contributed by atoms with van der Waals surface area (Å²) in [5.74, 6) is 2.82. The summed E-state index contributed by atoms with van der Waals surface area (Å²) in [5.41, 5.74) is 0. The van der Waals surface area contributed by atoms with Crippen LogP contribution < -0.4 is 10.1 Å². The third-order valence-corrected chi connectivity index (χ3v) is 2.76. The number of halogens is 1. The molecule has 0 amide bonds. The highest BCUT2D eigenvalue weighted by molar-refractivity contribution is 5.22. The van der Waals surface area contributed by atoms with E-state index in [0.717, 1.165) is 6.42 Å². The van der Waals surface area contributed by atoms with Crippen molar-refractivity contribution in [3.05, 3.63) is 30.1 Å². The zero-order chi connectivity index (χ0) is 14.1. The van der Waals surface area contributed by atoms with Crippen LogP contribution in [0.25, 0.3) is 0 Å². The Labute approximate surface area is 113 Å². The van der Waals surface area contributed by atoms with Gasteiger partial charge in [0.15, 0.2) is 0 Å². The van der Waals surface area contributed by atoms with Crippen LogP contribution in [0.15, 0.2) is 24.3 Å². The molecular formula is C15H20FNO2. The Balaban J connectivity index is 2.26. The van der Waals surface area contributed by atoms with Gasteiger partial charge in [0.25, 0.3) is 0 Å². The standard InChI is InChI=1S/C15H20FNO2/c1-3-5-13(4-2)17-10-14(18)11-19-15-8-6-12(16)7-9-15/h1,6-9,13-14,17-18H,4-5,10-11H2,2H3. The van der Waals surface area contributed by atoms with Gasteiger partial charge in [-0.15, -0.1) is 12.3 Å². The van der Waals surface area contributed by atoms with Crippen LogP contribution in [0.5, 0.6) is 5.75 Å². The predicted octanol–water partition coefficient (Wildman–Crippen LogP) is 1.96. The Bertz CT molecular complexity index is 400. The number of hydrogen-bond acceptors (Lipinski definition) is 3. The van der Waals surface area contributed by atoms with Gasteiger partial charge < -0.3 is 15.2 Å². The summed E-state index contributed by atoms with van der Waals surface area (Å²) in [6.07, 6.45) is 6.18. The van der Waals surface area contributed by atoms with Crippen LogP contribution in [-0.2, 0) is 0 Å². The molecule has 0 spiro atoms. The normalized spacial score (nSPS) is 13.6. The van der Waals surface area contributed by atoms with E-state index >= 15 is 0 Å². The molecule has 0 saturated heterocycles. The third kappa shape index (κ3) is 6.23. The summed E-state index contributed by atoms with van der Waals surface area (Å²) >= 11 is 0. The molecule has 1 rings (SSSR count). The van der Waals surface area contributed by atoms with Crippen LogP contribution in [0.1, 0.15) is 19.8 Å². The zero-order valence-corrected chi connectivity index (χ0v) is 11.1. The van der Waals surface area contributed by atoms with E-state index in [0.29, 0.717) is 18.7 Å². The van der Waals surface area contributed by atoms with Crippen molar-refractivity contribution in [3.8, 4) is 18.1 Å². The first-order chi connectivity index (χ1) is 9.15. The van der Waals surface area contributed by atoms with Gasteiger partial charge in [-0.25, -0.2) is 4.39 Å². The molecule has 2 atom stereocenters. The maximum atomic E-state index is 12.7. The molecule has 104 valence electrons. The Hall–Kier alpha value is -1.57. The summed E-state index contributed by atoms with van der Waals surface area (Å²) in [6, 6.07) is 5.91. The first-order valence-electron chi connectivity index (χ1n) is 6.39. The third-order valence-electron chi connectivity index (χ3n) is 2.76.